The van der Waals surface area contributed by atoms with Crippen LogP contribution in [0.15, 0.2) is 18.7 Å². The van der Waals surface area contributed by atoms with Crippen molar-refractivity contribution in [2.45, 2.75) is 45.7 Å². The summed E-state index contributed by atoms with van der Waals surface area (Å²) in [7, 11) is 0. The fourth-order valence-corrected chi connectivity index (χ4v) is 3.60. The molecular weight excluding hydrogens is 344 g/mol. The molecule has 1 atom stereocenters. The predicted molar refractivity (Wildman–Crippen MR) is 101 cm³/mol. The monoisotopic (exact) mass is 368 g/mol. The van der Waals surface area contributed by atoms with Gasteiger partial charge in [0, 0.05) is 13.1 Å². The maximum absolute atomic E-state index is 11.6. The smallest absolute Gasteiger partial charge is 0.252 e. The van der Waals surface area contributed by atoms with Crippen molar-refractivity contribution in [3.05, 3.63) is 30.0 Å². The van der Waals surface area contributed by atoms with Crippen molar-refractivity contribution in [1.82, 2.24) is 29.5 Å². The Morgan fingerprint density at radius 1 is 1.30 bits per heavy atom. The number of nitrogens with one attached hydrogen (secondary N) is 1. The van der Waals surface area contributed by atoms with Crippen molar-refractivity contribution in [3.63, 3.8) is 0 Å². The molecule has 0 saturated carbocycles. The number of nitrogens with zero attached hydrogens (tertiary/aromatic N) is 6. The van der Waals surface area contributed by atoms with Crippen LogP contribution < -0.4 is 11.1 Å². The summed E-state index contributed by atoms with van der Waals surface area (Å²) in [5.74, 6) is 0.733. The second-order valence-electron chi connectivity index (χ2n) is 8.02. The highest BCUT2D eigenvalue weighted by Crippen LogP contribution is 2.26. The summed E-state index contributed by atoms with van der Waals surface area (Å²) < 4.78 is 3.79. The minimum atomic E-state index is -0.419. The number of fused-ring (bicyclic) bond motifs is 2. The Hall–Kier alpha value is -2.97. The van der Waals surface area contributed by atoms with Gasteiger partial charge >= 0.3 is 0 Å². The first-order valence-electron chi connectivity index (χ1n) is 9.12. The molecule has 0 saturated heterocycles. The molecule has 0 aliphatic carbocycles. The minimum Gasteiger partial charge on any atom is -0.369 e. The molecule has 4 heterocycles. The average molecular weight is 368 g/mol. The number of primary amides is 1. The summed E-state index contributed by atoms with van der Waals surface area (Å²) in [5, 5.41) is 13.1. The maximum atomic E-state index is 11.6. The lowest BCUT2D eigenvalue weighted by Gasteiger charge is -2.24. The standard InChI is InChI=1S/C18H24N8O/c1-18(2,3)26-17-13(9-24-26)16(21-10-22-17)20-7-11-4-5-25-14(6-11)12(8-23-25)15(19)27/h8-11H,4-7H2,1-3H3,(H2,19,27)(H,20,21,22)/t11-/m0/s1. The number of aryl methyl sites for hydroxylation is 1. The summed E-state index contributed by atoms with van der Waals surface area (Å²) in [6, 6.07) is 0. The number of carbonyl (C=O) groups excluding carboxylic acids is 1. The Kier molecular flexibility index (Phi) is 4.09. The van der Waals surface area contributed by atoms with E-state index in [-0.39, 0.29) is 5.54 Å². The van der Waals surface area contributed by atoms with Crippen LogP contribution in [0.5, 0.6) is 0 Å². The third-order valence-electron chi connectivity index (χ3n) is 5.00. The van der Waals surface area contributed by atoms with Crippen LogP contribution in [0, 0.1) is 5.92 Å². The van der Waals surface area contributed by atoms with E-state index in [1.807, 2.05) is 15.6 Å². The average Bonchev–Trinajstić information content (AvgIpc) is 3.23. The Labute approximate surface area is 157 Å². The van der Waals surface area contributed by atoms with E-state index in [9.17, 15) is 4.79 Å². The number of amides is 1. The van der Waals surface area contributed by atoms with Gasteiger partial charge in [0.25, 0.3) is 5.91 Å². The number of hydrogen-bond acceptors (Lipinski definition) is 6. The van der Waals surface area contributed by atoms with E-state index in [1.54, 1.807) is 12.5 Å². The fraction of sp³-hybridized carbons (Fsp3) is 0.500. The summed E-state index contributed by atoms with van der Waals surface area (Å²) in [6.45, 7) is 7.81. The van der Waals surface area contributed by atoms with Crippen molar-refractivity contribution < 1.29 is 4.79 Å². The first-order valence-corrected chi connectivity index (χ1v) is 9.12. The van der Waals surface area contributed by atoms with E-state index in [0.717, 1.165) is 48.5 Å². The van der Waals surface area contributed by atoms with E-state index < -0.39 is 5.91 Å². The van der Waals surface area contributed by atoms with Crippen LogP contribution in [-0.4, -0.2) is 42.0 Å². The van der Waals surface area contributed by atoms with Gasteiger partial charge in [0.15, 0.2) is 5.65 Å². The molecule has 0 radical (unpaired) electrons. The number of anilines is 1. The predicted octanol–water partition coefficient (Wildman–Crippen LogP) is 1.55. The first kappa shape index (κ1) is 17.4. The van der Waals surface area contributed by atoms with Gasteiger partial charge in [-0.2, -0.15) is 10.2 Å². The minimum absolute atomic E-state index is 0.152. The van der Waals surface area contributed by atoms with Crippen molar-refractivity contribution in [1.29, 1.82) is 0 Å². The highest BCUT2D eigenvalue weighted by atomic mass is 16.1. The van der Waals surface area contributed by atoms with Gasteiger partial charge in [0.1, 0.15) is 12.1 Å². The molecule has 27 heavy (non-hydrogen) atoms. The van der Waals surface area contributed by atoms with Gasteiger partial charge in [0.05, 0.1) is 34.6 Å². The zero-order chi connectivity index (χ0) is 19.2. The quantitative estimate of drug-likeness (QED) is 0.722. The fourth-order valence-electron chi connectivity index (χ4n) is 3.60. The molecule has 3 N–H and O–H groups in total. The Morgan fingerprint density at radius 2 is 2.11 bits per heavy atom. The number of aromatic nitrogens is 6. The van der Waals surface area contributed by atoms with Crippen molar-refractivity contribution >= 4 is 22.8 Å². The van der Waals surface area contributed by atoms with E-state index in [2.05, 4.69) is 46.3 Å². The Morgan fingerprint density at radius 3 is 2.85 bits per heavy atom. The van der Waals surface area contributed by atoms with Crippen LogP contribution in [0.3, 0.4) is 0 Å². The Bertz CT molecular complexity index is 997. The maximum Gasteiger partial charge on any atom is 0.252 e. The van der Waals surface area contributed by atoms with Crippen LogP contribution in [0.1, 0.15) is 43.2 Å². The molecule has 3 aromatic heterocycles. The Balaban J connectivity index is 1.52. The highest BCUT2D eigenvalue weighted by molar-refractivity contribution is 5.93. The second kappa shape index (κ2) is 6.33. The topological polar surface area (TPSA) is 117 Å². The lowest BCUT2D eigenvalue weighted by atomic mass is 9.94. The molecule has 0 fully saturated rings. The first-order chi connectivity index (χ1) is 12.8. The molecule has 0 unspecified atom stereocenters. The molecule has 9 nitrogen and oxygen atoms in total. The molecule has 1 amide bonds. The van der Waals surface area contributed by atoms with Gasteiger partial charge in [-0.15, -0.1) is 0 Å². The van der Waals surface area contributed by atoms with Crippen LogP contribution in [-0.2, 0) is 18.5 Å². The van der Waals surface area contributed by atoms with Crippen LogP contribution in [0.2, 0.25) is 0 Å². The third-order valence-corrected chi connectivity index (χ3v) is 5.00. The summed E-state index contributed by atoms with van der Waals surface area (Å²) >= 11 is 0. The zero-order valence-corrected chi connectivity index (χ0v) is 15.8. The molecular formula is C18H24N8O. The number of hydrogen-bond donors (Lipinski definition) is 2. The van der Waals surface area contributed by atoms with Gasteiger partial charge in [-0.05, 0) is 39.5 Å². The molecule has 0 bridgehead atoms. The third kappa shape index (κ3) is 3.13. The van der Waals surface area contributed by atoms with Crippen molar-refractivity contribution in [2.75, 3.05) is 11.9 Å². The normalized spacial score (nSPS) is 17.1. The van der Waals surface area contributed by atoms with E-state index >= 15 is 0 Å². The van der Waals surface area contributed by atoms with Crippen LogP contribution in [0.4, 0.5) is 5.82 Å². The van der Waals surface area contributed by atoms with Gasteiger partial charge in [0.2, 0.25) is 0 Å². The van der Waals surface area contributed by atoms with Crippen molar-refractivity contribution in [2.24, 2.45) is 11.7 Å². The molecule has 1 aliphatic heterocycles. The van der Waals surface area contributed by atoms with E-state index in [4.69, 9.17) is 5.73 Å². The molecule has 4 rings (SSSR count). The lowest BCUT2D eigenvalue weighted by molar-refractivity contribution is 0.0998. The molecule has 9 heteroatoms. The van der Waals surface area contributed by atoms with Gasteiger partial charge in [-0.1, -0.05) is 0 Å². The lowest BCUT2D eigenvalue weighted by Crippen LogP contribution is -2.27. The molecule has 0 aromatic carbocycles. The van der Waals surface area contributed by atoms with E-state index in [1.165, 1.54) is 0 Å². The van der Waals surface area contributed by atoms with Crippen LogP contribution in [0.25, 0.3) is 11.0 Å². The number of carbonyl (C=O) groups is 1. The number of rotatable bonds is 4. The van der Waals surface area contributed by atoms with Gasteiger partial charge < -0.3 is 11.1 Å². The summed E-state index contributed by atoms with van der Waals surface area (Å²) in [4.78, 5) is 20.4. The molecule has 3 aromatic rings. The molecule has 0 spiro atoms. The molecule has 1 aliphatic rings. The summed E-state index contributed by atoms with van der Waals surface area (Å²) in [5.41, 5.74) is 7.57. The highest BCUT2D eigenvalue weighted by Gasteiger charge is 2.25. The zero-order valence-electron chi connectivity index (χ0n) is 15.8. The summed E-state index contributed by atoms with van der Waals surface area (Å²) in [6.07, 6.45) is 6.69. The molecule has 142 valence electrons. The number of nitrogens with two attached hydrogens (primary N) is 1. The van der Waals surface area contributed by atoms with Crippen molar-refractivity contribution in [3.8, 4) is 0 Å². The van der Waals surface area contributed by atoms with E-state index in [0.29, 0.717) is 11.5 Å². The SMILES string of the molecule is CC(C)(C)n1ncc2c(NC[C@H]3CCn4ncc(C(N)=O)c4C3)ncnc21. The van der Waals surface area contributed by atoms with Gasteiger partial charge in [-0.3, -0.25) is 9.48 Å². The van der Waals surface area contributed by atoms with Gasteiger partial charge in [-0.25, -0.2) is 14.6 Å². The van der Waals surface area contributed by atoms with Crippen LogP contribution >= 0.6 is 0 Å². The largest absolute Gasteiger partial charge is 0.369 e. The second-order valence-corrected chi connectivity index (χ2v) is 8.02.